The van der Waals surface area contributed by atoms with E-state index in [1.165, 1.54) is 31.1 Å². The van der Waals surface area contributed by atoms with Crippen LogP contribution >= 0.6 is 0 Å². The molecule has 3 heterocycles. The molecule has 0 aliphatic carbocycles. The maximum absolute atomic E-state index is 12.2. The average Bonchev–Trinajstić information content (AvgIpc) is 3.30. The molecule has 1 amide bonds. The summed E-state index contributed by atoms with van der Waals surface area (Å²) in [7, 11) is 0. The molecule has 4 nitrogen and oxygen atoms in total. The Morgan fingerprint density at radius 2 is 1.84 bits per heavy atom. The standard InChI is InChI=1S/C21H28N2O2/c24-21(23-11-3-4-12-23)8-7-17-9-13-22(14-10-17)16-19-15-18-5-1-2-6-20(18)25-19/h1-2,5-6,15,17H,3-4,7-14,16H2. The van der Waals surface area contributed by atoms with Gasteiger partial charge in [-0.25, -0.2) is 0 Å². The van der Waals surface area contributed by atoms with Crippen molar-refractivity contribution < 1.29 is 9.21 Å². The van der Waals surface area contributed by atoms with Crippen molar-refractivity contribution in [3.8, 4) is 0 Å². The summed E-state index contributed by atoms with van der Waals surface area (Å²) in [6.07, 6.45) is 6.58. The van der Waals surface area contributed by atoms with Crippen LogP contribution in [0.1, 0.15) is 44.3 Å². The first-order valence-electron chi connectivity index (χ1n) is 9.75. The minimum Gasteiger partial charge on any atom is -0.460 e. The molecule has 0 bridgehead atoms. The SMILES string of the molecule is O=C(CCC1CCN(Cc2cc3ccccc3o2)CC1)N1CCCC1. The van der Waals surface area contributed by atoms with Crippen molar-refractivity contribution in [3.63, 3.8) is 0 Å². The zero-order valence-electron chi connectivity index (χ0n) is 15.0. The van der Waals surface area contributed by atoms with Crippen LogP contribution in [0, 0.1) is 5.92 Å². The molecule has 0 radical (unpaired) electrons. The van der Waals surface area contributed by atoms with E-state index in [0.717, 1.165) is 56.9 Å². The Labute approximate surface area is 149 Å². The van der Waals surface area contributed by atoms with Crippen molar-refractivity contribution in [3.05, 3.63) is 36.1 Å². The third-order valence-corrected chi connectivity index (χ3v) is 5.79. The van der Waals surface area contributed by atoms with Crippen LogP contribution in [-0.4, -0.2) is 41.9 Å². The lowest BCUT2D eigenvalue weighted by molar-refractivity contribution is -0.130. The van der Waals surface area contributed by atoms with Gasteiger partial charge in [0, 0.05) is 24.9 Å². The number of para-hydroxylation sites is 1. The third-order valence-electron chi connectivity index (χ3n) is 5.79. The second-order valence-electron chi connectivity index (χ2n) is 7.60. The Balaban J connectivity index is 1.22. The lowest BCUT2D eigenvalue weighted by atomic mass is 9.92. The normalized spacial score (nSPS) is 19.8. The zero-order chi connectivity index (χ0) is 17.1. The number of rotatable bonds is 5. The molecule has 4 rings (SSSR count). The second-order valence-corrected chi connectivity index (χ2v) is 7.60. The van der Waals surface area contributed by atoms with E-state index in [1.54, 1.807) is 0 Å². The van der Waals surface area contributed by atoms with Crippen LogP contribution in [0.2, 0.25) is 0 Å². The molecule has 0 N–H and O–H groups in total. The molecule has 2 saturated heterocycles. The van der Waals surface area contributed by atoms with E-state index in [9.17, 15) is 4.79 Å². The molecule has 2 fully saturated rings. The van der Waals surface area contributed by atoms with E-state index in [1.807, 2.05) is 12.1 Å². The van der Waals surface area contributed by atoms with Crippen molar-refractivity contribution in [2.45, 2.75) is 45.1 Å². The Morgan fingerprint density at radius 3 is 2.60 bits per heavy atom. The van der Waals surface area contributed by atoms with Gasteiger partial charge < -0.3 is 9.32 Å². The number of carbonyl (C=O) groups excluding carboxylic acids is 1. The van der Waals surface area contributed by atoms with E-state index in [0.29, 0.717) is 11.8 Å². The fourth-order valence-corrected chi connectivity index (χ4v) is 4.22. The minimum absolute atomic E-state index is 0.377. The van der Waals surface area contributed by atoms with Crippen LogP contribution in [0.4, 0.5) is 0 Å². The molecule has 2 aliphatic heterocycles. The van der Waals surface area contributed by atoms with Crippen LogP contribution in [0.5, 0.6) is 0 Å². The molecule has 0 atom stereocenters. The van der Waals surface area contributed by atoms with Gasteiger partial charge in [0.2, 0.25) is 5.91 Å². The summed E-state index contributed by atoms with van der Waals surface area (Å²) in [5, 5.41) is 1.19. The molecule has 0 spiro atoms. The lowest BCUT2D eigenvalue weighted by Crippen LogP contribution is -2.34. The van der Waals surface area contributed by atoms with Crippen molar-refractivity contribution in [1.82, 2.24) is 9.80 Å². The van der Waals surface area contributed by atoms with Gasteiger partial charge in [-0.3, -0.25) is 9.69 Å². The molecule has 2 aromatic rings. The first-order valence-corrected chi connectivity index (χ1v) is 9.75. The number of piperidine rings is 1. The van der Waals surface area contributed by atoms with Crippen molar-refractivity contribution in [2.24, 2.45) is 5.92 Å². The smallest absolute Gasteiger partial charge is 0.222 e. The monoisotopic (exact) mass is 340 g/mol. The fourth-order valence-electron chi connectivity index (χ4n) is 4.22. The number of fused-ring (bicyclic) bond motifs is 1. The lowest BCUT2D eigenvalue weighted by Gasteiger charge is -2.31. The summed E-state index contributed by atoms with van der Waals surface area (Å²) in [5.41, 5.74) is 0.979. The Kier molecular flexibility index (Phi) is 5.07. The van der Waals surface area contributed by atoms with E-state index in [2.05, 4.69) is 28.0 Å². The Hall–Kier alpha value is -1.81. The summed E-state index contributed by atoms with van der Waals surface area (Å²) in [6, 6.07) is 10.4. The van der Waals surface area contributed by atoms with Crippen LogP contribution in [0.3, 0.4) is 0 Å². The summed E-state index contributed by atoms with van der Waals surface area (Å²) in [6.45, 7) is 5.08. The van der Waals surface area contributed by atoms with E-state index in [-0.39, 0.29) is 0 Å². The first kappa shape index (κ1) is 16.6. The largest absolute Gasteiger partial charge is 0.460 e. The van der Waals surface area contributed by atoms with E-state index < -0.39 is 0 Å². The number of hydrogen-bond acceptors (Lipinski definition) is 3. The molecule has 2 aliphatic rings. The molecular weight excluding hydrogens is 312 g/mol. The average molecular weight is 340 g/mol. The topological polar surface area (TPSA) is 36.7 Å². The Bertz CT molecular complexity index is 677. The summed E-state index contributed by atoms with van der Waals surface area (Å²) < 4.78 is 5.94. The predicted molar refractivity (Wildman–Crippen MR) is 99.3 cm³/mol. The molecule has 0 unspecified atom stereocenters. The van der Waals surface area contributed by atoms with Gasteiger partial charge in [-0.05, 0) is 63.2 Å². The number of carbonyl (C=O) groups is 1. The summed E-state index contributed by atoms with van der Waals surface area (Å²) in [4.78, 5) is 16.7. The highest BCUT2D eigenvalue weighted by molar-refractivity contribution is 5.77. The molecule has 1 aromatic carbocycles. The molecule has 25 heavy (non-hydrogen) atoms. The maximum Gasteiger partial charge on any atom is 0.222 e. The van der Waals surface area contributed by atoms with Gasteiger partial charge in [0.1, 0.15) is 11.3 Å². The number of amides is 1. The van der Waals surface area contributed by atoms with Crippen LogP contribution in [0.15, 0.2) is 34.7 Å². The summed E-state index contributed by atoms with van der Waals surface area (Å²) >= 11 is 0. The second kappa shape index (κ2) is 7.61. The number of benzene rings is 1. The van der Waals surface area contributed by atoms with Gasteiger partial charge >= 0.3 is 0 Å². The highest BCUT2D eigenvalue weighted by Crippen LogP contribution is 2.25. The van der Waals surface area contributed by atoms with E-state index in [4.69, 9.17) is 4.42 Å². The van der Waals surface area contributed by atoms with Crippen LogP contribution in [0.25, 0.3) is 11.0 Å². The van der Waals surface area contributed by atoms with Crippen LogP contribution in [-0.2, 0) is 11.3 Å². The van der Waals surface area contributed by atoms with Gasteiger partial charge in [-0.15, -0.1) is 0 Å². The van der Waals surface area contributed by atoms with Crippen molar-refractivity contribution in [2.75, 3.05) is 26.2 Å². The first-order chi connectivity index (χ1) is 12.3. The van der Waals surface area contributed by atoms with Crippen molar-refractivity contribution >= 4 is 16.9 Å². The van der Waals surface area contributed by atoms with E-state index >= 15 is 0 Å². The Morgan fingerprint density at radius 1 is 1.08 bits per heavy atom. The number of likely N-dealkylation sites (tertiary alicyclic amines) is 2. The zero-order valence-corrected chi connectivity index (χ0v) is 15.0. The fraction of sp³-hybridized carbons (Fsp3) is 0.571. The molecule has 134 valence electrons. The molecule has 4 heteroatoms. The predicted octanol–water partition coefficient (Wildman–Crippen LogP) is 4.05. The van der Waals surface area contributed by atoms with Gasteiger partial charge in [0.15, 0.2) is 0 Å². The number of nitrogens with zero attached hydrogens (tertiary/aromatic N) is 2. The highest BCUT2D eigenvalue weighted by Gasteiger charge is 2.23. The minimum atomic E-state index is 0.377. The van der Waals surface area contributed by atoms with Gasteiger partial charge in [0.25, 0.3) is 0 Å². The van der Waals surface area contributed by atoms with Crippen LogP contribution < -0.4 is 0 Å². The van der Waals surface area contributed by atoms with Gasteiger partial charge in [0.05, 0.1) is 6.54 Å². The highest BCUT2D eigenvalue weighted by atomic mass is 16.3. The molecule has 0 saturated carbocycles. The number of hydrogen-bond donors (Lipinski definition) is 0. The quantitative estimate of drug-likeness (QED) is 0.824. The molecule has 1 aromatic heterocycles. The summed E-state index contributed by atoms with van der Waals surface area (Å²) in [5.74, 6) is 2.14. The van der Waals surface area contributed by atoms with Crippen molar-refractivity contribution in [1.29, 1.82) is 0 Å². The van der Waals surface area contributed by atoms with Gasteiger partial charge in [-0.2, -0.15) is 0 Å². The maximum atomic E-state index is 12.2. The third kappa shape index (κ3) is 4.06. The van der Waals surface area contributed by atoms with Gasteiger partial charge in [-0.1, -0.05) is 18.2 Å². The number of furan rings is 1. The molecular formula is C21H28N2O2.